The van der Waals surface area contributed by atoms with Crippen LogP contribution in [0.25, 0.3) is 0 Å². The summed E-state index contributed by atoms with van der Waals surface area (Å²) in [5.41, 5.74) is 2.72. The predicted octanol–water partition coefficient (Wildman–Crippen LogP) is 2.77. The maximum Gasteiger partial charge on any atom is 0.268 e. The Labute approximate surface area is 147 Å². The zero-order valence-corrected chi connectivity index (χ0v) is 14.7. The summed E-state index contributed by atoms with van der Waals surface area (Å²) in [6.07, 6.45) is -0.595. The van der Waals surface area contributed by atoms with Gasteiger partial charge in [0.25, 0.3) is 5.91 Å². The van der Waals surface area contributed by atoms with E-state index in [1.54, 1.807) is 18.9 Å². The van der Waals surface area contributed by atoms with Crippen LogP contribution in [0.3, 0.4) is 0 Å². The van der Waals surface area contributed by atoms with E-state index in [-0.39, 0.29) is 18.4 Å². The molecule has 1 aliphatic rings. The quantitative estimate of drug-likeness (QED) is 0.861. The smallest absolute Gasteiger partial charge is 0.268 e. The number of aryl methyl sites for hydroxylation is 1. The van der Waals surface area contributed by atoms with E-state index >= 15 is 0 Å². The van der Waals surface area contributed by atoms with Gasteiger partial charge in [-0.2, -0.15) is 0 Å². The average molecular weight is 338 g/mol. The van der Waals surface area contributed by atoms with Gasteiger partial charge in [0.2, 0.25) is 5.91 Å². The van der Waals surface area contributed by atoms with E-state index in [0.717, 1.165) is 11.1 Å². The van der Waals surface area contributed by atoms with Gasteiger partial charge in [0.1, 0.15) is 12.3 Å². The Morgan fingerprint density at radius 2 is 1.92 bits per heavy atom. The summed E-state index contributed by atoms with van der Waals surface area (Å²) >= 11 is 0. The second-order valence-electron chi connectivity index (χ2n) is 6.39. The highest BCUT2D eigenvalue weighted by molar-refractivity contribution is 6.03. The number of benzene rings is 2. The molecule has 1 atom stereocenters. The standard InChI is InChI=1S/C20H22N2O3/c1-14-9-10-18-17(11-14)22(20(24)15(2)25-18)13-19(23)21(3)12-16-7-5-4-6-8-16/h4-11,15H,12-13H2,1-3H3. The van der Waals surface area contributed by atoms with E-state index < -0.39 is 6.10 Å². The van der Waals surface area contributed by atoms with Gasteiger partial charge in [0.15, 0.2) is 6.10 Å². The SMILES string of the molecule is Cc1ccc2c(c1)N(CC(=O)N(C)Cc1ccccc1)C(=O)C(C)O2. The molecule has 1 aliphatic heterocycles. The number of fused-ring (bicyclic) bond motifs is 1. The number of ether oxygens (including phenoxy) is 1. The van der Waals surface area contributed by atoms with Crippen molar-refractivity contribution in [3.8, 4) is 5.75 Å². The van der Waals surface area contributed by atoms with E-state index in [9.17, 15) is 9.59 Å². The predicted molar refractivity (Wildman–Crippen MR) is 96.5 cm³/mol. The molecule has 0 fully saturated rings. The third kappa shape index (κ3) is 3.65. The van der Waals surface area contributed by atoms with E-state index in [1.807, 2.05) is 55.5 Å². The van der Waals surface area contributed by atoms with Crippen molar-refractivity contribution in [1.29, 1.82) is 0 Å². The fraction of sp³-hybridized carbons (Fsp3) is 0.300. The van der Waals surface area contributed by atoms with Crippen LogP contribution in [-0.4, -0.2) is 36.4 Å². The molecule has 3 rings (SSSR count). The van der Waals surface area contributed by atoms with Crippen LogP contribution in [0.4, 0.5) is 5.69 Å². The van der Waals surface area contributed by atoms with E-state index in [4.69, 9.17) is 4.74 Å². The summed E-state index contributed by atoms with van der Waals surface area (Å²) in [6.45, 7) is 4.17. The van der Waals surface area contributed by atoms with Crippen LogP contribution in [-0.2, 0) is 16.1 Å². The Hall–Kier alpha value is -2.82. The lowest BCUT2D eigenvalue weighted by atomic mass is 10.1. The highest BCUT2D eigenvalue weighted by Gasteiger charge is 2.33. The maximum atomic E-state index is 12.7. The molecule has 1 heterocycles. The van der Waals surface area contributed by atoms with Gasteiger partial charge in [-0.05, 0) is 37.1 Å². The van der Waals surface area contributed by atoms with Crippen LogP contribution in [0, 0.1) is 6.92 Å². The number of rotatable bonds is 4. The Kier molecular flexibility index (Phi) is 4.74. The normalized spacial score (nSPS) is 16.2. The number of anilines is 1. The Morgan fingerprint density at radius 3 is 2.64 bits per heavy atom. The largest absolute Gasteiger partial charge is 0.479 e. The summed E-state index contributed by atoms with van der Waals surface area (Å²) in [4.78, 5) is 28.4. The fourth-order valence-electron chi connectivity index (χ4n) is 2.88. The van der Waals surface area contributed by atoms with Gasteiger partial charge in [-0.3, -0.25) is 14.5 Å². The molecule has 0 aliphatic carbocycles. The highest BCUT2D eigenvalue weighted by atomic mass is 16.5. The van der Waals surface area contributed by atoms with Crippen molar-refractivity contribution in [2.75, 3.05) is 18.5 Å². The van der Waals surface area contributed by atoms with Gasteiger partial charge >= 0.3 is 0 Å². The topological polar surface area (TPSA) is 49.9 Å². The molecule has 0 radical (unpaired) electrons. The fourth-order valence-corrected chi connectivity index (χ4v) is 2.88. The van der Waals surface area contributed by atoms with Crippen molar-refractivity contribution in [1.82, 2.24) is 4.90 Å². The van der Waals surface area contributed by atoms with E-state index in [0.29, 0.717) is 18.0 Å². The van der Waals surface area contributed by atoms with Crippen LogP contribution in [0.5, 0.6) is 5.75 Å². The number of carbonyl (C=O) groups is 2. The maximum absolute atomic E-state index is 12.7. The minimum atomic E-state index is -0.595. The molecule has 0 spiro atoms. The number of amides is 2. The average Bonchev–Trinajstić information content (AvgIpc) is 2.60. The zero-order valence-electron chi connectivity index (χ0n) is 14.7. The molecule has 2 amide bonds. The molecule has 2 aromatic carbocycles. The first-order valence-electron chi connectivity index (χ1n) is 8.32. The van der Waals surface area contributed by atoms with Crippen LogP contribution >= 0.6 is 0 Å². The molecule has 0 N–H and O–H groups in total. The van der Waals surface area contributed by atoms with Crippen molar-refractivity contribution in [3.05, 3.63) is 59.7 Å². The van der Waals surface area contributed by atoms with E-state index in [2.05, 4.69) is 0 Å². The van der Waals surface area contributed by atoms with Crippen LogP contribution in [0.2, 0.25) is 0 Å². The van der Waals surface area contributed by atoms with Gasteiger partial charge < -0.3 is 9.64 Å². The molecule has 130 valence electrons. The molecular weight excluding hydrogens is 316 g/mol. The molecule has 25 heavy (non-hydrogen) atoms. The van der Waals surface area contributed by atoms with Crippen LogP contribution in [0.15, 0.2) is 48.5 Å². The van der Waals surface area contributed by atoms with Crippen LogP contribution < -0.4 is 9.64 Å². The number of hydrogen-bond donors (Lipinski definition) is 0. The van der Waals surface area contributed by atoms with Crippen molar-refractivity contribution >= 4 is 17.5 Å². The molecular formula is C20H22N2O3. The zero-order chi connectivity index (χ0) is 18.0. The molecule has 0 saturated carbocycles. The Balaban J connectivity index is 1.78. The summed E-state index contributed by atoms with van der Waals surface area (Å²) in [7, 11) is 1.75. The number of likely N-dealkylation sites (N-methyl/N-ethyl adjacent to an activating group) is 1. The molecule has 0 aromatic heterocycles. The molecule has 1 unspecified atom stereocenters. The lowest BCUT2D eigenvalue weighted by Crippen LogP contribution is -2.49. The van der Waals surface area contributed by atoms with Crippen molar-refractivity contribution in [2.45, 2.75) is 26.5 Å². The first kappa shape index (κ1) is 17.0. The molecule has 5 nitrogen and oxygen atoms in total. The van der Waals surface area contributed by atoms with Gasteiger partial charge in [-0.25, -0.2) is 0 Å². The molecule has 0 bridgehead atoms. The lowest BCUT2D eigenvalue weighted by molar-refractivity contribution is -0.132. The lowest BCUT2D eigenvalue weighted by Gasteiger charge is -2.33. The Bertz CT molecular complexity index is 789. The monoisotopic (exact) mass is 338 g/mol. The number of hydrogen-bond acceptors (Lipinski definition) is 3. The van der Waals surface area contributed by atoms with Crippen molar-refractivity contribution in [2.24, 2.45) is 0 Å². The Morgan fingerprint density at radius 1 is 1.20 bits per heavy atom. The van der Waals surface area contributed by atoms with Crippen LogP contribution in [0.1, 0.15) is 18.1 Å². The first-order valence-corrected chi connectivity index (χ1v) is 8.32. The third-order valence-electron chi connectivity index (χ3n) is 4.30. The minimum Gasteiger partial charge on any atom is -0.479 e. The second-order valence-corrected chi connectivity index (χ2v) is 6.39. The minimum absolute atomic E-state index is 0.00627. The van der Waals surface area contributed by atoms with Crippen molar-refractivity contribution in [3.63, 3.8) is 0 Å². The molecule has 0 saturated heterocycles. The van der Waals surface area contributed by atoms with Gasteiger partial charge in [-0.1, -0.05) is 36.4 Å². The third-order valence-corrected chi connectivity index (χ3v) is 4.30. The second kappa shape index (κ2) is 6.97. The van der Waals surface area contributed by atoms with Gasteiger partial charge in [-0.15, -0.1) is 0 Å². The van der Waals surface area contributed by atoms with E-state index in [1.165, 1.54) is 4.90 Å². The number of nitrogens with zero attached hydrogens (tertiary/aromatic N) is 2. The molecule has 2 aromatic rings. The summed E-state index contributed by atoms with van der Waals surface area (Å²) < 4.78 is 5.65. The molecule has 5 heteroatoms. The van der Waals surface area contributed by atoms with Gasteiger partial charge in [0, 0.05) is 13.6 Å². The summed E-state index contributed by atoms with van der Waals surface area (Å²) in [5.74, 6) is 0.328. The summed E-state index contributed by atoms with van der Waals surface area (Å²) in [6, 6.07) is 15.4. The summed E-state index contributed by atoms with van der Waals surface area (Å²) in [5, 5.41) is 0. The number of carbonyl (C=O) groups excluding carboxylic acids is 2. The van der Waals surface area contributed by atoms with Crippen molar-refractivity contribution < 1.29 is 14.3 Å². The highest BCUT2D eigenvalue weighted by Crippen LogP contribution is 2.34. The van der Waals surface area contributed by atoms with Gasteiger partial charge in [0.05, 0.1) is 5.69 Å². The first-order chi connectivity index (χ1) is 12.0.